The molecule has 190 valence electrons. The fourth-order valence-electron chi connectivity index (χ4n) is 5.40. The molecule has 5 rings (SSSR count). The first kappa shape index (κ1) is 24.2. The van der Waals surface area contributed by atoms with Gasteiger partial charge in [-0.05, 0) is 62.2 Å². The lowest BCUT2D eigenvalue weighted by Gasteiger charge is -2.42. The Bertz CT molecular complexity index is 1130. The molecule has 9 heteroatoms. The van der Waals surface area contributed by atoms with Crippen LogP contribution in [0.4, 0.5) is 30.2 Å². The molecule has 3 aliphatic rings. The van der Waals surface area contributed by atoms with E-state index >= 15 is 0 Å². The van der Waals surface area contributed by atoms with Crippen LogP contribution in [0.25, 0.3) is 0 Å². The molecule has 2 saturated heterocycles. The Morgan fingerprint density at radius 2 is 1.47 bits per heavy atom. The Hall–Kier alpha value is -3.54. The molecule has 1 atom stereocenters. The van der Waals surface area contributed by atoms with Gasteiger partial charge in [0.15, 0.2) is 0 Å². The average molecular weight is 499 g/mol. The second-order valence-electron chi connectivity index (χ2n) is 9.58. The van der Waals surface area contributed by atoms with Crippen LogP contribution in [0.15, 0.2) is 55.0 Å². The predicted molar refractivity (Wildman–Crippen MR) is 132 cm³/mol. The van der Waals surface area contributed by atoms with Gasteiger partial charge in [-0.3, -0.25) is 0 Å². The second-order valence-corrected chi connectivity index (χ2v) is 9.58. The van der Waals surface area contributed by atoms with E-state index in [1.54, 1.807) is 24.7 Å². The monoisotopic (exact) mass is 498 g/mol. The number of alkyl halides is 3. The van der Waals surface area contributed by atoms with E-state index in [1.165, 1.54) is 11.8 Å². The molecule has 3 heterocycles. The van der Waals surface area contributed by atoms with Crippen molar-refractivity contribution in [3.63, 3.8) is 0 Å². The largest absolute Gasteiger partial charge is 0.459 e. The molecule has 0 aliphatic carbocycles. The third-order valence-electron chi connectivity index (χ3n) is 7.37. The van der Waals surface area contributed by atoms with E-state index in [0.29, 0.717) is 31.2 Å². The Kier molecular flexibility index (Phi) is 6.61. The fourth-order valence-corrected chi connectivity index (χ4v) is 5.40. The third kappa shape index (κ3) is 4.90. The predicted octanol–water partition coefficient (Wildman–Crippen LogP) is 5.35. The van der Waals surface area contributed by atoms with Crippen LogP contribution in [-0.4, -0.2) is 45.1 Å². The topological polar surface area (TPSA) is 52.0 Å². The fraction of sp³-hybridized carbons (Fsp3) is 0.444. The number of piperidine rings is 1. The number of nitriles is 1. The van der Waals surface area contributed by atoms with Gasteiger partial charge in [-0.2, -0.15) is 18.4 Å². The number of hydrogen-bond acceptors (Lipinski definition) is 6. The van der Waals surface area contributed by atoms with Crippen molar-refractivity contribution >= 4 is 17.1 Å². The Morgan fingerprint density at radius 1 is 0.861 bits per heavy atom. The van der Waals surface area contributed by atoms with Gasteiger partial charge < -0.3 is 24.2 Å². The quantitative estimate of drug-likeness (QED) is 0.566. The van der Waals surface area contributed by atoms with Crippen LogP contribution in [-0.2, 0) is 15.7 Å². The van der Waals surface area contributed by atoms with Crippen molar-refractivity contribution in [2.45, 2.75) is 38.3 Å². The lowest BCUT2D eigenvalue weighted by molar-refractivity contribution is -0.137. The van der Waals surface area contributed by atoms with Crippen molar-refractivity contribution in [2.24, 2.45) is 5.92 Å². The van der Waals surface area contributed by atoms with Gasteiger partial charge in [0.25, 0.3) is 0 Å². The van der Waals surface area contributed by atoms with Crippen LogP contribution in [0, 0.1) is 17.2 Å². The number of rotatable bonds is 4. The molecule has 6 nitrogen and oxygen atoms in total. The summed E-state index contributed by atoms with van der Waals surface area (Å²) in [5, 5.41) is 9.07. The van der Waals surface area contributed by atoms with Gasteiger partial charge in [0.1, 0.15) is 12.5 Å². The van der Waals surface area contributed by atoms with Gasteiger partial charge in [-0.1, -0.05) is 0 Å². The molecule has 0 amide bonds. The maximum atomic E-state index is 13.4. The molecule has 0 bridgehead atoms. The first-order valence-electron chi connectivity index (χ1n) is 12.3. The first-order chi connectivity index (χ1) is 17.3. The van der Waals surface area contributed by atoms with Crippen molar-refractivity contribution in [1.82, 2.24) is 0 Å². The van der Waals surface area contributed by atoms with Gasteiger partial charge >= 0.3 is 6.18 Å². The van der Waals surface area contributed by atoms with E-state index in [-0.39, 0.29) is 17.9 Å². The van der Waals surface area contributed by atoms with Crippen LogP contribution < -0.4 is 14.7 Å². The SMILES string of the molecule is C[C@H]1CN(c2ccc(N3CCC(C4OC=CO4)CC3)cc2)CCN1c1ccc(C#N)c(C(F)(F)F)c1. The molecule has 2 aromatic rings. The third-order valence-corrected chi connectivity index (χ3v) is 7.37. The normalized spacial score (nSPS) is 21.3. The summed E-state index contributed by atoms with van der Waals surface area (Å²) in [4.78, 5) is 6.64. The highest BCUT2D eigenvalue weighted by atomic mass is 19.4. The van der Waals surface area contributed by atoms with Crippen molar-refractivity contribution in [1.29, 1.82) is 5.26 Å². The van der Waals surface area contributed by atoms with Crippen molar-refractivity contribution in [2.75, 3.05) is 47.4 Å². The maximum Gasteiger partial charge on any atom is 0.417 e. The Balaban J connectivity index is 1.20. The number of anilines is 3. The van der Waals surface area contributed by atoms with E-state index < -0.39 is 11.7 Å². The molecule has 3 aliphatic heterocycles. The smallest absolute Gasteiger partial charge is 0.417 e. The molecule has 0 radical (unpaired) electrons. The summed E-state index contributed by atoms with van der Waals surface area (Å²) in [6, 6.07) is 14.2. The minimum atomic E-state index is -4.56. The number of nitrogens with zero attached hydrogens (tertiary/aromatic N) is 4. The van der Waals surface area contributed by atoms with Gasteiger partial charge in [0.2, 0.25) is 6.29 Å². The Morgan fingerprint density at radius 3 is 2.06 bits per heavy atom. The molecule has 0 saturated carbocycles. The lowest BCUT2D eigenvalue weighted by Crippen LogP contribution is -2.52. The van der Waals surface area contributed by atoms with Crippen LogP contribution in [0.2, 0.25) is 0 Å². The van der Waals surface area contributed by atoms with Gasteiger partial charge in [0, 0.05) is 61.7 Å². The van der Waals surface area contributed by atoms with E-state index in [4.69, 9.17) is 14.7 Å². The van der Waals surface area contributed by atoms with Crippen LogP contribution in [0.1, 0.15) is 30.9 Å². The summed E-state index contributed by atoms with van der Waals surface area (Å²) in [5.74, 6) is 0.400. The summed E-state index contributed by atoms with van der Waals surface area (Å²) in [6.07, 6.45) is 0.539. The van der Waals surface area contributed by atoms with E-state index in [2.05, 4.69) is 34.1 Å². The van der Waals surface area contributed by atoms with Crippen LogP contribution in [0.3, 0.4) is 0 Å². The number of hydrogen-bond donors (Lipinski definition) is 0. The molecular weight excluding hydrogens is 469 g/mol. The lowest BCUT2D eigenvalue weighted by atomic mass is 9.95. The van der Waals surface area contributed by atoms with Gasteiger partial charge in [-0.15, -0.1) is 0 Å². The molecule has 0 N–H and O–H groups in total. The zero-order chi connectivity index (χ0) is 25.3. The van der Waals surface area contributed by atoms with Crippen molar-refractivity contribution in [3.8, 4) is 6.07 Å². The summed E-state index contributed by atoms with van der Waals surface area (Å²) < 4.78 is 51.3. The minimum Gasteiger partial charge on any atom is -0.459 e. The van der Waals surface area contributed by atoms with Crippen LogP contribution in [0.5, 0.6) is 0 Å². The summed E-state index contributed by atoms with van der Waals surface area (Å²) in [5.41, 5.74) is 1.56. The highest BCUT2D eigenvalue weighted by Gasteiger charge is 2.35. The maximum absolute atomic E-state index is 13.4. The van der Waals surface area contributed by atoms with Crippen LogP contribution >= 0.6 is 0 Å². The average Bonchev–Trinajstić information content (AvgIpc) is 3.43. The molecule has 36 heavy (non-hydrogen) atoms. The number of ether oxygens (including phenoxy) is 2. The number of halogens is 3. The summed E-state index contributed by atoms with van der Waals surface area (Å²) >= 11 is 0. The molecule has 0 spiro atoms. The standard InChI is InChI=1S/C27H29F3N4O2/c1-19-18-33(12-13-34(19)24-3-2-21(17-31)25(16-24)27(28,29)30)23-6-4-22(5-7-23)32-10-8-20(9-11-32)26-35-14-15-36-26/h2-7,14-16,19-20,26H,8-13,18H2,1H3/t19-/m0/s1. The van der Waals surface area contributed by atoms with Crippen molar-refractivity contribution in [3.05, 3.63) is 66.1 Å². The second kappa shape index (κ2) is 9.84. The van der Waals surface area contributed by atoms with Crippen molar-refractivity contribution < 1.29 is 22.6 Å². The highest BCUT2D eigenvalue weighted by molar-refractivity contribution is 5.60. The number of piperazine rings is 1. The molecule has 2 fully saturated rings. The summed E-state index contributed by atoms with van der Waals surface area (Å²) in [6.45, 7) is 5.91. The molecule has 2 aromatic carbocycles. The van der Waals surface area contributed by atoms with E-state index in [0.717, 1.165) is 37.7 Å². The van der Waals surface area contributed by atoms with E-state index in [9.17, 15) is 13.2 Å². The van der Waals surface area contributed by atoms with Gasteiger partial charge in [0.05, 0.1) is 17.2 Å². The Labute approximate surface area is 209 Å². The number of benzene rings is 2. The molecule has 0 aromatic heterocycles. The highest BCUT2D eigenvalue weighted by Crippen LogP contribution is 2.36. The molecule has 0 unspecified atom stereocenters. The zero-order valence-electron chi connectivity index (χ0n) is 20.1. The van der Waals surface area contributed by atoms with E-state index in [1.807, 2.05) is 11.8 Å². The minimum absolute atomic E-state index is 0.0148. The first-order valence-corrected chi connectivity index (χ1v) is 12.3. The molecular formula is C27H29F3N4O2. The zero-order valence-corrected chi connectivity index (χ0v) is 20.1. The summed E-state index contributed by atoms with van der Waals surface area (Å²) in [7, 11) is 0. The van der Waals surface area contributed by atoms with Gasteiger partial charge in [-0.25, -0.2) is 0 Å².